The summed E-state index contributed by atoms with van der Waals surface area (Å²) in [6.07, 6.45) is 0. The third-order valence-electron chi connectivity index (χ3n) is 2.48. The summed E-state index contributed by atoms with van der Waals surface area (Å²) in [5, 5.41) is 3.32. The van der Waals surface area contributed by atoms with E-state index in [9.17, 15) is 0 Å². The number of aryl methyl sites for hydroxylation is 2. The Bertz CT molecular complexity index is 553. The number of anilines is 2. The number of hydrogen-bond donors (Lipinski definition) is 1. The van der Waals surface area contributed by atoms with E-state index in [2.05, 4.69) is 55.2 Å². The van der Waals surface area contributed by atoms with Gasteiger partial charge in [0.1, 0.15) is 5.82 Å². The maximum Gasteiger partial charge on any atom is 0.130 e. The second kappa shape index (κ2) is 5.19. The Morgan fingerprint density at radius 2 is 1.82 bits per heavy atom. The van der Waals surface area contributed by atoms with E-state index in [1.165, 1.54) is 5.56 Å². The molecule has 2 rings (SSSR count). The minimum Gasteiger partial charge on any atom is -0.340 e. The minimum atomic E-state index is 0.854. The number of aromatic nitrogens is 1. The highest BCUT2D eigenvalue weighted by molar-refractivity contribution is 9.10. The first-order chi connectivity index (χ1) is 8.06. The van der Waals surface area contributed by atoms with Gasteiger partial charge in [0.05, 0.1) is 5.69 Å². The Kier molecular flexibility index (Phi) is 3.84. The Labute approximate surface area is 118 Å². The lowest BCUT2D eigenvalue weighted by Gasteiger charge is -2.10. The molecule has 0 bridgehead atoms. The predicted molar refractivity (Wildman–Crippen MR) is 78.8 cm³/mol. The third kappa shape index (κ3) is 3.07. The highest BCUT2D eigenvalue weighted by Gasteiger charge is 2.02. The summed E-state index contributed by atoms with van der Waals surface area (Å²) in [5.41, 5.74) is 3.23. The first-order valence-corrected chi connectivity index (χ1v) is 6.81. The molecule has 0 unspecified atom stereocenters. The van der Waals surface area contributed by atoms with E-state index in [0.29, 0.717) is 0 Å². The second-order valence-corrected chi connectivity index (χ2v) is 5.62. The van der Waals surface area contributed by atoms with Crippen molar-refractivity contribution < 1.29 is 0 Å². The molecular weight excluding hydrogens is 344 g/mol. The van der Waals surface area contributed by atoms with Crippen LogP contribution >= 0.6 is 31.9 Å². The van der Waals surface area contributed by atoms with Crippen molar-refractivity contribution in [1.82, 2.24) is 4.98 Å². The van der Waals surface area contributed by atoms with E-state index in [1.54, 1.807) is 0 Å². The van der Waals surface area contributed by atoms with Gasteiger partial charge in [-0.1, -0.05) is 22.0 Å². The van der Waals surface area contributed by atoms with Crippen LogP contribution in [0.3, 0.4) is 0 Å². The molecule has 2 nitrogen and oxygen atoms in total. The van der Waals surface area contributed by atoms with Crippen LogP contribution in [0, 0.1) is 13.8 Å². The molecular formula is C13H12Br2N2. The van der Waals surface area contributed by atoms with Gasteiger partial charge in [-0.3, -0.25) is 0 Å². The van der Waals surface area contributed by atoms with E-state index in [0.717, 1.165) is 26.1 Å². The molecule has 0 aliphatic rings. The molecule has 4 heteroatoms. The van der Waals surface area contributed by atoms with Crippen molar-refractivity contribution in [2.75, 3.05) is 5.32 Å². The van der Waals surface area contributed by atoms with Gasteiger partial charge in [-0.15, -0.1) is 0 Å². The van der Waals surface area contributed by atoms with Crippen molar-refractivity contribution in [1.29, 1.82) is 0 Å². The van der Waals surface area contributed by atoms with Crippen LogP contribution in [0.5, 0.6) is 0 Å². The van der Waals surface area contributed by atoms with Crippen LogP contribution < -0.4 is 5.32 Å². The average Bonchev–Trinajstić information content (AvgIpc) is 2.29. The molecule has 0 amide bonds. The summed E-state index contributed by atoms with van der Waals surface area (Å²) in [6, 6.07) is 10.1. The first-order valence-electron chi connectivity index (χ1n) is 5.22. The SMILES string of the molecule is Cc1ccc(Br)cc1Nc1ccc(Br)c(C)n1. The molecule has 0 saturated heterocycles. The van der Waals surface area contributed by atoms with E-state index >= 15 is 0 Å². The zero-order chi connectivity index (χ0) is 12.4. The Hall–Kier alpha value is -0.870. The van der Waals surface area contributed by atoms with Gasteiger partial charge in [-0.05, 0) is 59.6 Å². The zero-order valence-electron chi connectivity index (χ0n) is 9.59. The molecule has 0 spiro atoms. The fourth-order valence-corrected chi connectivity index (χ4v) is 2.06. The van der Waals surface area contributed by atoms with Crippen molar-refractivity contribution >= 4 is 43.4 Å². The molecule has 1 aromatic carbocycles. The topological polar surface area (TPSA) is 24.9 Å². The van der Waals surface area contributed by atoms with Gasteiger partial charge in [0.15, 0.2) is 0 Å². The van der Waals surface area contributed by atoms with Gasteiger partial charge in [0, 0.05) is 14.6 Å². The number of pyridine rings is 1. The number of rotatable bonds is 2. The van der Waals surface area contributed by atoms with Crippen molar-refractivity contribution in [2.45, 2.75) is 13.8 Å². The normalized spacial score (nSPS) is 10.4. The first kappa shape index (κ1) is 12.6. The quantitative estimate of drug-likeness (QED) is 0.822. The number of nitrogens with one attached hydrogen (secondary N) is 1. The molecule has 88 valence electrons. The summed E-state index contributed by atoms with van der Waals surface area (Å²) in [4.78, 5) is 4.47. The lowest BCUT2D eigenvalue weighted by molar-refractivity contribution is 1.18. The van der Waals surface area contributed by atoms with E-state index in [1.807, 2.05) is 31.2 Å². The lowest BCUT2D eigenvalue weighted by Crippen LogP contribution is -1.97. The summed E-state index contributed by atoms with van der Waals surface area (Å²) < 4.78 is 2.08. The summed E-state index contributed by atoms with van der Waals surface area (Å²) in [5.74, 6) is 0.854. The number of hydrogen-bond acceptors (Lipinski definition) is 2. The van der Waals surface area contributed by atoms with Gasteiger partial charge in [0.2, 0.25) is 0 Å². The Balaban J connectivity index is 2.31. The van der Waals surface area contributed by atoms with Crippen LogP contribution in [-0.2, 0) is 0 Å². The van der Waals surface area contributed by atoms with E-state index < -0.39 is 0 Å². The molecule has 2 aromatic rings. The van der Waals surface area contributed by atoms with Gasteiger partial charge in [0.25, 0.3) is 0 Å². The lowest BCUT2D eigenvalue weighted by atomic mass is 10.2. The van der Waals surface area contributed by atoms with Gasteiger partial charge >= 0.3 is 0 Å². The molecule has 0 aliphatic carbocycles. The van der Waals surface area contributed by atoms with Gasteiger partial charge in [-0.2, -0.15) is 0 Å². The third-order valence-corrected chi connectivity index (χ3v) is 3.82. The van der Waals surface area contributed by atoms with Crippen LogP contribution in [-0.4, -0.2) is 4.98 Å². The Morgan fingerprint density at radius 3 is 2.53 bits per heavy atom. The highest BCUT2D eigenvalue weighted by atomic mass is 79.9. The fraction of sp³-hybridized carbons (Fsp3) is 0.154. The van der Waals surface area contributed by atoms with Gasteiger partial charge in [-0.25, -0.2) is 4.98 Å². The van der Waals surface area contributed by atoms with Gasteiger partial charge < -0.3 is 5.32 Å². The van der Waals surface area contributed by atoms with Crippen LogP contribution in [0.4, 0.5) is 11.5 Å². The molecule has 0 atom stereocenters. The molecule has 0 radical (unpaired) electrons. The van der Waals surface area contributed by atoms with Crippen molar-refractivity contribution in [3.8, 4) is 0 Å². The van der Waals surface area contributed by atoms with Crippen LogP contribution in [0.15, 0.2) is 39.3 Å². The number of nitrogens with zero attached hydrogens (tertiary/aromatic N) is 1. The minimum absolute atomic E-state index is 0.854. The Morgan fingerprint density at radius 1 is 1.06 bits per heavy atom. The van der Waals surface area contributed by atoms with Crippen LogP contribution in [0.2, 0.25) is 0 Å². The second-order valence-electron chi connectivity index (χ2n) is 3.85. The van der Waals surface area contributed by atoms with E-state index in [-0.39, 0.29) is 0 Å². The molecule has 1 aromatic heterocycles. The molecule has 0 aliphatic heterocycles. The maximum absolute atomic E-state index is 4.47. The van der Waals surface area contributed by atoms with Crippen molar-refractivity contribution in [3.05, 3.63) is 50.5 Å². The van der Waals surface area contributed by atoms with E-state index in [4.69, 9.17) is 0 Å². The molecule has 0 saturated carbocycles. The number of benzene rings is 1. The van der Waals surface area contributed by atoms with Crippen LogP contribution in [0.25, 0.3) is 0 Å². The molecule has 1 heterocycles. The summed E-state index contributed by atoms with van der Waals surface area (Å²) in [6.45, 7) is 4.05. The monoisotopic (exact) mass is 354 g/mol. The molecule has 1 N–H and O–H groups in total. The fourth-order valence-electron chi connectivity index (χ4n) is 1.48. The van der Waals surface area contributed by atoms with Crippen LogP contribution in [0.1, 0.15) is 11.3 Å². The summed E-state index contributed by atoms with van der Waals surface area (Å²) in [7, 11) is 0. The average molecular weight is 356 g/mol. The number of halogens is 2. The molecule has 0 fully saturated rings. The largest absolute Gasteiger partial charge is 0.340 e. The standard InChI is InChI=1S/C13H12Br2N2/c1-8-3-4-10(14)7-12(8)17-13-6-5-11(15)9(2)16-13/h3-7H,1-2H3,(H,16,17). The maximum atomic E-state index is 4.47. The zero-order valence-corrected chi connectivity index (χ0v) is 12.8. The van der Waals surface area contributed by atoms with Crippen molar-refractivity contribution in [3.63, 3.8) is 0 Å². The predicted octanol–water partition coefficient (Wildman–Crippen LogP) is 4.97. The van der Waals surface area contributed by atoms with Crippen molar-refractivity contribution in [2.24, 2.45) is 0 Å². The summed E-state index contributed by atoms with van der Waals surface area (Å²) >= 11 is 6.91. The smallest absolute Gasteiger partial charge is 0.130 e. The highest BCUT2D eigenvalue weighted by Crippen LogP contribution is 2.24. The molecule has 17 heavy (non-hydrogen) atoms.